The van der Waals surface area contributed by atoms with Crippen LogP contribution in [0.15, 0.2) is 0 Å². The summed E-state index contributed by atoms with van der Waals surface area (Å²) in [5.74, 6) is 0. The SMILES string of the molecule is O=S(=O)(N1CCCCC1)N1CCCC(Br)C1. The van der Waals surface area contributed by atoms with Crippen LogP contribution >= 0.6 is 15.9 Å². The lowest BCUT2D eigenvalue weighted by atomic mass is 10.2. The van der Waals surface area contributed by atoms with Crippen LogP contribution in [0.3, 0.4) is 0 Å². The fraction of sp³-hybridized carbons (Fsp3) is 1.00. The zero-order chi connectivity index (χ0) is 11.6. The van der Waals surface area contributed by atoms with E-state index in [-0.39, 0.29) is 0 Å². The molecule has 2 aliphatic heterocycles. The van der Waals surface area contributed by atoms with Crippen LogP contribution in [0.1, 0.15) is 32.1 Å². The molecule has 0 aromatic heterocycles. The van der Waals surface area contributed by atoms with Crippen molar-refractivity contribution in [2.24, 2.45) is 0 Å². The summed E-state index contributed by atoms with van der Waals surface area (Å²) < 4.78 is 27.9. The molecule has 2 rings (SSSR count). The highest BCUT2D eigenvalue weighted by molar-refractivity contribution is 9.09. The lowest BCUT2D eigenvalue weighted by Crippen LogP contribution is -2.49. The maximum atomic E-state index is 12.3. The molecule has 4 nitrogen and oxygen atoms in total. The van der Waals surface area contributed by atoms with E-state index >= 15 is 0 Å². The average molecular weight is 311 g/mol. The number of hydrogen-bond donors (Lipinski definition) is 0. The Morgan fingerprint density at radius 2 is 1.56 bits per heavy atom. The highest BCUT2D eigenvalue weighted by Gasteiger charge is 2.33. The van der Waals surface area contributed by atoms with Crippen LogP contribution in [0.2, 0.25) is 0 Å². The van der Waals surface area contributed by atoms with Gasteiger partial charge in [-0.1, -0.05) is 22.4 Å². The third-order valence-electron chi connectivity index (χ3n) is 3.29. The second kappa shape index (κ2) is 5.33. The van der Waals surface area contributed by atoms with Gasteiger partial charge in [-0.15, -0.1) is 0 Å². The highest BCUT2D eigenvalue weighted by atomic mass is 79.9. The second-order valence-electron chi connectivity index (χ2n) is 4.57. The summed E-state index contributed by atoms with van der Waals surface area (Å²) in [5, 5.41) is 0. The molecule has 2 saturated heterocycles. The minimum Gasteiger partial charge on any atom is -0.195 e. The van der Waals surface area contributed by atoms with E-state index in [0.29, 0.717) is 31.0 Å². The smallest absolute Gasteiger partial charge is 0.195 e. The first-order chi connectivity index (χ1) is 7.60. The molecule has 2 heterocycles. The third-order valence-corrected chi connectivity index (χ3v) is 6.04. The first-order valence-corrected chi connectivity index (χ1v) is 8.31. The van der Waals surface area contributed by atoms with Gasteiger partial charge in [0.05, 0.1) is 0 Å². The molecule has 2 fully saturated rings. The van der Waals surface area contributed by atoms with Crippen molar-refractivity contribution in [2.75, 3.05) is 26.2 Å². The van der Waals surface area contributed by atoms with Gasteiger partial charge in [-0.25, -0.2) is 0 Å². The van der Waals surface area contributed by atoms with Gasteiger partial charge in [0.2, 0.25) is 0 Å². The van der Waals surface area contributed by atoms with E-state index in [1.807, 2.05) is 0 Å². The highest BCUT2D eigenvalue weighted by Crippen LogP contribution is 2.23. The summed E-state index contributed by atoms with van der Waals surface area (Å²) in [6.45, 7) is 2.71. The zero-order valence-electron chi connectivity index (χ0n) is 9.44. The van der Waals surface area contributed by atoms with Crippen LogP contribution in [0.4, 0.5) is 0 Å². The minimum absolute atomic E-state index is 0.320. The van der Waals surface area contributed by atoms with E-state index in [0.717, 1.165) is 32.1 Å². The predicted molar refractivity (Wildman–Crippen MR) is 67.9 cm³/mol. The predicted octanol–water partition coefficient (Wildman–Crippen LogP) is 1.58. The molecule has 6 heteroatoms. The first kappa shape index (κ1) is 12.8. The van der Waals surface area contributed by atoms with E-state index in [1.165, 1.54) is 0 Å². The molecule has 0 spiro atoms. The number of hydrogen-bond acceptors (Lipinski definition) is 2. The Hall–Kier alpha value is 0.350. The molecular formula is C10H19BrN2O2S. The van der Waals surface area contributed by atoms with Gasteiger partial charge in [0.1, 0.15) is 0 Å². The maximum absolute atomic E-state index is 12.3. The summed E-state index contributed by atoms with van der Waals surface area (Å²) in [6, 6.07) is 0. The molecule has 0 aliphatic carbocycles. The topological polar surface area (TPSA) is 40.6 Å². The van der Waals surface area contributed by atoms with Gasteiger partial charge < -0.3 is 0 Å². The molecule has 16 heavy (non-hydrogen) atoms. The number of piperidine rings is 2. The zero-order valence-corrected chi connectivity index (χ0v) is 11.8. The lowest BCUT2D eigenvalue weighted by molar-refractivity contribution is 0.285. The van der Waals surface area contributed by atoms with Crippen molar-refractivity contribution in [3.05, 3.63) is 0 Å². The summed E-state index contributed by atoms with van der Waals surface area (Å²) in [4.78, 5) is 0.320. The van der Waals surface area contributed by atoms with Crippen LogP contribution in [0.5, 0.6) is 0 Å². The summed E-state index contributed by atoms with van der Waals surface area (Å²) in [5.41, 5.74) is 0. The van der Waals surface area contributed by atoms with Crippen LogP contribution < -0.4 is 0 Å². The largest absolute Gasteiger partial charge is 0.282 e. The van der Waals surface area contributed by atoms with E-state index < -0.39 is 10.2 Å². The van der Waals surface area contributed by atoms with Crippen molar-refractivity contribution in [3.63, 3.8) is 0 Å². The molecule has 0 aromatic carbocycles. The quantitative estimate of drug-likeness (QED) is 0.727. The molecule has 1 atom stereocenters. The molecule has 0 N–H and O–H groups in total. The van der Waals surface area contributed by atoms with Gasteiger partial charge >= 0.3 is 0 Å². The monoisotopic (exact) mass is 310 g/mol. The summed E-state index contributed by atoms with van der Waals surface area (Å²) in [6.07, 6.45) is 5.21. The van der Waals surface area contributed by atoms with Crippen molar-refractivity contribution in [1.82, 2.24) is 8.61 Å². The number of halogens is 1. The van der Waals surface area contributed by atoms with E-state index in [1.54, 1.807) is 8.61 Å². The molecule has 0 saturated carbocycles. The third kappa shape index (κ3) is 2.78. The Labute approximate surface area is 106 Å². The number of nitrogens with zero attached hydrogens (tertiary/aromatic N) is 2. The molecule has 0 radical (unpaired) electrons. The number of alkyl halides is 1. The molecule has 2 aliphatic rings. The lowest BCUT2D eigenvalue weighted by Gasteiger charge is -2.35. The average Bonchev–Trinajstić information content (AvgIpc) is 2.30. The van der Waals surface area contributed by atoms with Gasteiger partial charge in [0.25, 0.3) is 10.2 Å². The van der Waals surface area contributed by atoms with E-state index in [4.69, 9.17) is 0 Å². The van der Waals surface area contributed by atoms with Crippen molar-refractivity contribution < 1.29 is 8.42 Å². The standard InChI is InChI=1S/C10H19BrN2O2S/c11-10-5-4-8-13(9-10)16(14,15)12-6-2-1-3-7-12/h10H,1-9H2. The fourth-order valence-electron chi connectivity index (χ4n) is 2.36. The molecule has 0 aromatic rings. The van der Waals surface area contributed by atoms with Crippen molar-refractivity contribution in [3.8, 4) is 0 Å². The van der Waals surface area contributed by atoms with Crippen LogP contribution in [0.25, 0.3) is 0 Å². The Morgan fingerprint density at radius 3 is 2.19 bits per heavy atom. The minimum atomic E-state index is -3.18. The second-order valence-corrected chi connectivity index (χ2v) is 7.79. The van der Waals surface area contributed by atoms with Crippen molar-refractivity contribution in [1.29, 1.82) is 0 Å². The van der Waals surface area contributed by atoms with Crippen LogP contribution in [0, 0.1) is 0 Å². The van der Waals surface area contributed by atoms with Crippen molar-refractivity contribution in [2.45, 2.75) is 36.9 Å². The fourth-order valence-corrected chi connectivity index (χ4v) is 5.00. The van der Waals surface area contributed by atoms with Gasteiger partial charge in [0, 0.05) is 31.0 Å². The molecular weight excluding hydrogens is 292 g/mol. The Bertz CT molecular complexity index is 328. The Balaban J connectivity index is 2.05. The Morgan fingerprint density at radius 1 is 0.938 bits per heavy atom. The molecule has 1 unspecified atom stereocenters. The van der Waals surface area contributed by atoms with Gasteiger partial charge in [-0.3, -0.25) is 0 Å². The summed E-state index contributed by atoms with van der Waals surface area (Å²) in [7, 11) is -3.18. The van der Waals surface area contributed by atoms with E-state index in [2.05, 4.69) is 15.9 Å². The van der Waals surface area contributed by atoms with Crippen LogP contribution in [-0.4, -0.2) is 48.0 Å². The Kier molecular flexibility index (Phi) is 4.26. The van der Waals surface area contributed by atoms with E-state index in [9.17, 15) is 8.42 Å². The van der Waals surface area contributed by atoms with Crippen LogP contribution in [-0.2, 0) is 10.2 Å². The van der Waals surface area contributed by atoms with Gasteiger partial charge in [-0.2, -0.15) is 17.0 Å². The maximum Gasteiger partial charge on any atom is 0.282 e. The van der Waals surface area contributed by atoms with Gasteiger partial charge in [-0.05, 0) is 25.7 Å². The summed E-state index contributed by atoms with van der Waals surface area (Å²) >= 11 is 3.52. The normalized spacial score (nSPS) is 30.4. The first-order valence-electron chi connectivity index (χ1n) is 6.00. The number of rotatable bonds is 2. The molecule has 0 bridgehead atoms. The molecule has 0 amide bonds. The van der Waals surface area contributed by atoms with Gasteiger partial charge in [0.15, 0.2) is 0 Å². The molecule has 94 valence electrons. The van der Waals surface area contributed by atoms with Crippen molar-refractivity contribution >= 4 is 26.1 Å².